The molecule has 0 spiro atoms. The van der Waals surface area contributed by atoms with Crippen molar-refractivity contribution in [2.24, 2.45) is 0 Å². The summed E-state index contributed by atoms with van der Waals surface area (Å²) in [6, 6.07) is 1.48. The van der Waals surface area contributed by atoms with Crippen molar-refractivity contribution in [3.05, 3.63) is 22.4 Å². The molecule has 1 aliphatic rings. The van der Waals surface area contributed by atoms with E-state index in [1.54, 1.807) is 17.2 Å². The number of carbonyl (C=O) groups excluding carboxylic acids is 1. The molecule has 1 atom stereocenters. The van der Waals surface area contributed by atoms with E-state index in [1.165, 1.54) is 0 Å². The number of hydrogen-bond donors (Lipinski definition) is 2. The fourth-order valence-electron chi connectivity index (χ4n) is 1.72. The molecule has 2 heterocycles. The van der Waals surface area contributed by atoms with Crippen molar-refractivity contribution >= 4 is 21.8 Å². The van der Waals surface area contributed by atoms with Gasteiger partial charge in [0.05, 0.1) is 25.9 Å². The highest BCUT2D eigenvalue weighted by molar-refractivity contribution is 9.10. The van der Waals surface area contributed by atoms with Crippen LogP contribution in [-0.4, -0.2) is 53.3 Å². The number of morpholine rings is 1. The van der Waals surface area contributed by atoms with Gasteiger partial charge in [-0.25, -0.2) is 0 Å². The first-order valence-electron chi connectivity index (χ1n) is 5.06. The lowest BCUT2D eigenvalue weighted by molar-refractivity contribution is -0.0186. The maximum Gasteiger partial charge on any atom is 0.270 e. The summed E-state index contributed by atoms with van der Waals surface area (Å²) >= 11 is 3.28. The Morgan fingerprint density at radius 2 is 2.56 bits per heavy atom. The van der Waals surface area contributed by atoms with Gasteiger partial charge in [-0.1, -0.05) is 0 Å². The number of nitrogens with one attached hydrogen (secondary N) is 1. The Morgan fingerprint density at radius 3 is 3.19 bits per heavy atom. The summed E-state index contributed by atoms with van der Waals surface area (Å²) in [5.74, 6) is -0.104. The zero-order valence-corrected chi connectivity index (χ0v) is 10.2. The van der Waals surface area contributed by atoms with Crippen LogP contribution in [0.1, 0.15) is 10.5 Å². The molecule has 0 saturated carbocycles. The van der Waals surface area contributed by atoms with Crippen LogP contribution in [0.5, 0.6) is 0 Å². The quantitative estimate of drug-likeness (QED) is 0.838. The summed E-state index contributed by atoms with van der Waals surface area (Å²) in [6.07, 6.45) is 1.71. The minimum absolute atomic E-state index is 0.0758. The van der Waals surface area contributed by atoms with E-state index in [9.17, 15) is 4.79 Å². The van der Waals surface area contributed by atoms with Crippen molar-refractivity contribution < 1.29 is 14.6 Å². The topological polar surface area (TPSA) is 65.6 Å². The number of ether oxygens (including phenoxy) is 1. The van der Waals surface area contributed by atoms with Gasteiger partial charge in [-0.15, -0.1) is 0 Å². The molecule has 1 unspecified atom stereocenters. The first-order valence-corrected chi connectivity index (χ1v) is 5.85. The number of nitrogens with zero attached hydrogens (tertiary/aromatic N) is 1. The Balaban J connectivity index is 2.13. The zero-order valence-electron chi connectivity index (χ0n) is 8.65. The van der Waals surface area contributed by atoms with E-state index in [1.807, 2.05) is 0 Å². The van der Waals surface area contributed by atoms with E-state index < -0.39 is 0 Å². The molecular weight excluding hydrogens is 276 g/mol. The molecule has 0 bridgehead atoms. The molecule has 16 heavy (non-hydrogen) atoms. The first-order chi connectivity index (χ1) is 7.72. The molecule has 2 rings (SSSR count). The highest BCUT2D eigenvalue weighted by Crippen LogP contribution is 2.15. The lowest BCUT2D eigenvalue weighted by Gasteiger charge is -2.34. The summed E-state index contributed by atoms with van der Waals surface area (Å²) in [5, 5.41) is 9.17. The van der Waals surface area contributed by atoms with Gasteiger partial charge < -0.3 is 19.7 Å². The normalized spacial score (nSPS) is 21.1. The van der Waals surface area contributed by atoms with Crippen LogP contribution in [0.2, 0.25) is 0 Å². The molecule has 0 radical (unpaired) electrons. The number of aromatic amines is 1. The van der Waals surface area contributed by atoms with Gasteiger partial charge in [-0.3, -0.25) is 4.79 Å². The molecule has 1 aromatic rings. The third-order valence-corrected chi connectivity index (χ3v) is 3.04. The van der Waals surface area contributed by atoms with Crippen LogP contribution in [0.15, 0.2) is 16.7 Å². The van der Waals surface area contributed by atoms with Gasteiger partial charge in [-0.05, 0) is 22.0 Å². The third-order valence-electron chi connectivity index (χ3n) is 2.58. The van der Waals surface area contributed by atoms with Gasteiger partial charge >= 0.3 is 0 Å². The molecule has 0 aliphatic carbocycles. The van der Waals surface area contributed by atoms with Gasteiger partial charge in [0, 0.05) is 17.2 Å². The van der Waals surface area contributed by atoms with Gasteiger partial charge in [0.25, 0.3) is 5.91 Å². The van der Waals surface area contributed by atoms with Crippen molar-refractivity contribution in [1.82, 2.24) is 9.88 Å². The Hall–Kier alpha value is -0.850. The highest BCUT2D eigenvalue weighted by Gasteiger charge is 2.28. The van der Waals surface area contributed by atoms with Crippen LogP contribution in [0, 0.1) is 0 Å². The summed E-state index contributed by atoms with van der Waals surface area (Å²) in [6.45, 7) is 1.35. The number of rotatable bonds is 2. The molecule has 6 heteroatoms. The van der Waals surface area contributed by atoms with Crippen LogP contribution in [0.3, 0.4) is 0 Å². The maximum atomic E-state index is 12.1. The minimum Gasteiger partial charge on any atom is -0.394 e. The minimum atomic E-state index is -0.247. The summed E-state index contributed by atoms with van der Waals surface area (Å²) < 4.78 is 6.06. The second kappa shape index (κ2) is 4.99. The maximum absolute atomic E-state index is 12.1. The van der Waals surface area contributed by atoms with E-state index in [2.05, 4.69) is 20.9 Å². The number of aliphatic hydroxyl groups is 1. The second-order valence-corrected chi connectivity index (χ2v) is 4.56. The number of halogens is 1. The average Bonchev–Trinajstić information content (AvgIpc) is 2.75. The standard InChI is InChI=1S/C10H13BrN2O3/c11-7-3-9(12-4-7)10(15)13-1-2-16-6-8(13)5-14/h3-4,8,12,14H,1-2,5-6H2. The number of carbonyl (C=O) groups is 1. The Labute approximate surface area is 102 Å². The Morgan fingerprint density at radius 1 is 1.75 bits per heavy atom. The lowest BCUT2D eigenvalue weighted by atomic mass is 10.2. The smallest absolute Gasteiger partial charge is 0.270 e. The first kappa shape index (κ1) is 11.6. The van der Waals surface area contributed by atoms with Gasteiger partial charge in [-0.2, -0.15) is 0 Å². The predicted molar refractivity (Wildman–Crippen MR) is 61.2 cm³/mol. The SMILES string of the molecule is O=C(c1cc(Br)c[nH]1)N1CCOCC1CO. The summed E-state index contributed by atoms with van der Waals surface area (Å²) in [4.78, 5) is 16.6. The van der Waals surface area contributed by atoms with Crippen molar-refractivity contribution in [3.8, 4) is 0 Å². The number of amides is 1. The fraction of sp³-hybridized carbons (Fsp3) is 0.500. The second-order valence-electron chi connectivity index (χ2n) is 3.64. The molecule has 1 amide bonds. The summed E-state index contributed by atoms with van der Waals surface area (Å²) in [7, 11) is 0. The predicted octanol–water partition coefficient (Wildman–Crippen LogP) is 0.610. The molecule has 1 fully saturated rings. The van der Waals surface area contributed by atoms with Crippen molar-refractivity contribution in [2.45, 2.75) is 6.04 Å². The van der Waals surface area contributed by atoms with Gasteiger partial charge in [0.1, 0.15) is 5.69 Å². The molecule has 2 N–H and O–H groups in total. The van der Waals surface area contributed by atoms with Crippen molar-refractivity contribution in [2.75, 3.05) is 26.4 Å². The molecule has 1 aliphatic heterocycles. The van der Waals surface area contributed by atoms with Crippen molar-refractivity contribution in [1.29, 1.82) is 0 Å². The number of aromatic nitrogens is 1. The highest BCUT2D eigenvalue weighted by atomic mass is 79.9. The molecule has 1 aromatic heterocycles. The lowest BCUT2D eigenvalue weighted by Crippen LogP contribution is -2.50. The Kier molecular flexibility index (Phi) is 3.63. The average molecular weight is 289 g/mol. The summed E-state index contributed by atoms with van der Waals surface area (Å²) in [5.41, 5.74) is 0.521. The van der Waals surface area contributed by atoms with E-state index >= 15 is 0 Å². The third kappa shape index (κ3) is 2.28. The van der Waals surface area contributed by atoms with Gasteiger partial charge in [0.2, 0.25) is 0 Å². The van der Waals surface area contributed by atoms with E-state index in [4.69, 9.17) is 9.84 Å². The number of hydrogen-bond acceptors (Lipinski definition) is 3. The molecule has 5 nitrogen and oxygen atoms in total. The fourth-order valence-corrected chi connectivity index (χ4v) is 2.06. The molecular formula is C10H13BrN2O3. The largest absolute Gasteiger partial charge is 0.394 e. The van der Waals surface area contributed by atoms with E-state index in [0.29, 0.717) is 25.5 Å². The number of H-pyrrole nitrogens is 1. The van der Waals surface area contributed by atoms with E-state index in [-0.39, 0.29) is 18.6 Å². The molecule has 1 saturated heterocycles. The monoisotopic (exact) mass is 288 g/mol. The Bertz CT molecular complexity index is 380. The molecule has 88 valence electrons. The molecule has 0 aromatic carbocycles. The van der Waals surface area contributed by atoms with Crippen LogP contribution in [0.25, 0.3) is 0 Å². The van der Waals surface area contributed by atoms with Crippen LogP contribution in [-0.2, 0) is 4.74 Å². The van der Waals surface area contributed by atoms with Crippen LogP contribution < -0.4 is 0 Å². The number of aliphatic hydroxyl groups excluding tert-OH is 1. The van der Waals surface area contributed by atoms with E-state index in [0.717, 1.165) is 4.47 Å². The van der Waals surface area contributed by atoms with Crippen LogP contribution in [0.4, 0.5) is 0 Å². The van der Waals surface area contributed by atoms with Gasteiger partial charge in [0.15, 0.2) is 0 Å². The zero-order chi connectivity index (χ0) is 11.5. The van der Waals surface area contributed by atoms with Crippen LogP contribution >= 0.6 is 15.9 Å². The van der Waals surface area contributed by atoms with Crippen molar-refractivity contribution in [3.63, 3.8) is 0 Å².